The number of rotatable bonds is 6. The van der Waals surface area contributed by atoms with Gasteiger partial charge < -0.3 is 4.74 Å². The molecule has 0 aliphatic carbocycles. The second kappa shape index (κ2) is 7.28. The van der Waals surface area contributed by atoms with Crippen LogP contribution in [0.25, 0.3) is 5.57 Å². The van der Waals surface area contributed by atoms with Crippen LogP contribution in [-0.4, -0.2) is 12.9 Å². The van der Waals surface area contributed by atoms with Gasteiger partial charge in [-0.25, -0.2) is 0 Å². The van der Waals surface area contributed by atoms with Crippen LogP contribution < -0.4 is 4.74 Å². The van der Waals surface area contributed by atoms with Crippen LogP contribution in [0.2, 0.25) is 0 Å². The molecule has 0 aliphatic rings. The predicted molar refractivity (Wildman–Crippen MR) is 75.6 cm³/mol. The average molecular weight is 242 g/mol. The first kappa shape index (κ1) is 14.0. The molecule has 2 heteroatoms. The Morgan fingerprint density at radius 1 is 1.39 bits per heavy atom. The van der Waals surface area contributed by atoms with Gasteiger partial charge in [-0.05, 0) is 37.1 Å². The molecule has 0 aromatic heterocycles. The number of aldehydes is 1. The highest BCUT2D eigenvalue weighted by Crippen LogP contribution is 2.21. The lowest BCUT2D eigenvalue weighted by atomic mass is 10.0. The maximum absolute atomic E-state index is 10.5. The van der Waals surface area contributed by atoms with E-state index in [2.05, 4.69) is 6.58 Å². The van der Waals surface area contributed by atoms with Crippen molar-refractivity contribution in [3.63, 3.8) is 0 Å². The highest BCUT2D eigenvalue weighted by molar-refractivity contribution is 5.80. The Morgan fingerprint density at radius 3 is 2.78 bits per heavy atom. The molecule has 0 spiro atoms. The minimum atomic E-state index is 0.454. The van der Waals surface area contributed by atoms with Gasteiger partial charge in [0.25, 0.3) is 0 Å². The second-order valence-electron chi connectivity index (χ2n) is 3.73. The van der Waals surface area contributed by atoms with E-state index in [0.717, 1.165) is 23.2 Å². The smallest absolute Gasteiger partial charge is 0.149 e. The minimum Gasteiger partial charge on any atom is -0.494 e. The quantitative estimate of drug-likeness (QED) is 0.431. The predicted octanol–water partition coefficient (Wildman–Crippen LogP) is 3.80. The number of carbonyl (C=O) groups is 1. The van der Waals surface area contributed by atoms with Crippen LogP contribution in [0, 0.1) is 0 Å². The van der Waals surface area contributed by atoms with E-state index in [4.69, 9.17) is 4.74 Å². The van der Waals surface area contributed by atoms with Crippen molar-refractivity contribution < 1.29 is 9.53 Å². The van der Waals surface area contributed by atoms with E-state index >= 15 is 0 Å². The first-order valence-corrected chi connectivity index (χ1v) is 5.93. The van der Waals surface area contributed by atoms with E-state index in [9.17, 15) is 4.79 Å². The molecular weight excluding hydrogens is 224 g/mol. The molecule has 0 fully saturated rings. The fourth-order valence-electron chi connectivity index (χ4n) is 1.53. The molecule has 0 saturated carbocycles. The Bertz CT molecular complexity index is 482. The van der Waals surface area contributed by atoms with Gasteiger partial charge in [-0.1, -0.05) is 36.9 Å². The number of benzene rings is 1. The standard InChI is InChI=1S/C16H18O2/c1-4-14(10-9-13(3)12-17)15-7-6-8-16(11-15)18-5-2/h4,6-12H,3,5H2,1-2H3/b10-9-,14-4+. The molecule has 0 aliphatic heterocycles. The van der Waals surface area contributed by atoms with Crippen molar-refractivity contribution in [1.29, 1.82) is 0 Å². The van der Waals surface area contributed by atoms with Crippen LogP contribution in [0.15, 0.2) is 54.6 Å². The Morgan fingerprint density at radius 2 is 2.17 bits per heavy atom. The van der Waals surface area contributed by atoms with Crippen molar-refractivity contribution in [2.24, 2.45) is 0 Å². The Labute approximate surface area is 108 Å². The van der Waals surface area contributed by atoms with E-state index in [0.29, 0.717) is 12.2 Å². The summed E-state index contributed by atoms with van der Waals surface area (Å²) < 4.78 is 5.46. The van der Waals surface area contributed by atoms with Crippen LogP contribution in [0.3, 0.4) is 0 Å². The Hall–Kier alpha value is -2.09. The topological polar surface area (TPSA) is 26.3 Å². The zero-order valence-corrected chi connectivity index (χ0v) is 10.8. The van der Waals surface area contributed by atoms with Crippen molar-refractivity contribution in [1.82, 2.24) is 0 Å². The zero-order chi connectivity index (χ0) is 13.4. The molecular formula is C16H18O2. The highest BCUT2D eigenvalue weighted by Gasteiger charge is 1.99. The van der Waals surface area contributed by atoms with E-state index in [-0.39, 0.29) is 0 Å². The summed E-state index contributed by atoms with van der Waals surface area (Å²) in [6, 6.07) is 7.86. The van der Waals surface area contributed by atoms with Gasteiger partial charge >= 0.3 is 0 Å². The Balaban J connectivity index is 2.95. The first-order chi connectivity index (χ1) is 8.71. The molecule has 0 N–H and O–H groups in total. The molecule has 0 radical (unpaired) electrons. The van der Waals surface area contributed by atoms with Gasteiger partial charge in [-0.15, -0.1) is 0 Å². The maximum atomic E-state index is 10.5. The lowest BCUT2D eigenvalue weighted by molar-refractivity contribution is -0.104. The van der Waals surface area contributed by atoms with E-state index in [1.807, 2.05) is 50.3 Å². The summed E-state index contributed by atoms with van der Waals surface area (Å²) in [5.41, 5.74) is 2.54. The molecule has 0 saturated heterocycles. The van der Waals surface area contributed by atoms with Crippen LogP contribution in [-0.2, 0) is 4.79 Å². The third-order valence-electron chi connectivity index (χ3n) is 2.42. The third-order valence-corrected chi connectivity index (χ3v) is 2.42. The summed E-state index contributed by atoms with van der Waals surface area (Å²) in [5.74, 6) is 0.844. The molecule has 1 rings (SSSR count). The fourth-order valence-corrected chi connectivity index (χ4v) is 1.53. The summed E-state index contributed by atoms with van der Waals surface area (Å²) in [5, 5.41) is 0. The lowest BCUT2D eigenvalue weighted by Gasteiger charge is -2.06. The number of hydrogen-bond acceptors (Lipinski definition) is 2. The summed E-state index contributed by atoms with van der Waals surface area (Å²) in [6.07, 6.45) is 6.30. The Kier molecular flexibility index (Phi) is 5.65. The SMILES string of the molecule is C=C(C=O)/C=C\C(=C/C)c1cccc(OCC)c1. The molecule has 18 heavy (non-hydrogen) atoms. The average Bonchev–Trinajstić information content (AvgIpc) is 2.40. The number of carbonyl (C=O) groups excluding carboxylic acids is 1. The molecule has 0 atom stereocenters. The van der Waals surface area contributed by atoms with Crippen molar-refractivity contribution in [3.8, 4) is 5.75 Å². The highest BCUT2D eigenvalue weighted by atomic mass is 16.5. The van der Waals surface area contributed by atoms with E-state index in [1.54, 1.807) is 6.08 Å². The van der Waals surface area contributed by atoms with Crippen molar-refractivity contribution >= 4 is 11.9 Å². The molecule has 94 valence electrons. The molecule has 0 amide bonds. The summed E-state index contributed by atoms with van der Waals surface area (Å²) in [6.45, 7) is 8.17. The van der Waals surface area contributed by atoms with Crippen molar-refractivity contribution in [2.45, 2.75) is 13.8 Å². The number of hydrogen-bond donors (Lipinski definition) is 0. The molecule has 0 bridgehead atoms. The lowest BCUT2D eigenvalue weighted by Crippen LogP contribution is -1.92. The van der Waals surface area contributed by atoms with Crippen LogP contribution >= 0.6 is 0 Å². The molecule has 2 nitrogen and oxygen atoms in total. The number of allylic oxidation sites excluding steroid dienone is 5. The summed E-state index contributed by atoms with van der Waals surface area (Å²) in [7, 11) is 0. The van der Waals surface area contributed by atoms with Crippen molar-refractivity contribution in [2.75, 3.05) is 6.61 Å². The molecule has 1 aromatic rings. The largest absolute Gasteiger partial charge is 0.494 e. The van der Waals surface area contributed by atoms with Crippen LogP contribution in [0.5, 0.6) is 5.75 Å². The van der Waals surface area contributed by atoms with Crippen LogP contribution in [0.1, 0.15) is 19.4 Å². The van der Waals surface area contributed by atoms with Gasteiger partial charge in [0.1, 0.15) is 12.0 Å². The molecule has 0 unspecified atom stereocenters. The van der Waals surface area contributed by atoms with Gasteiger partial charge in [0, 0.05) is 5.57 Å². The minimum absolute atomic E-state index is 0.454. The summed E-state index contributed by atoms with van der Waals surface area (Å²) in [4.78, 5) is 10.5. The van der Waals surface area contributed by atoms with Gasteiger partial charge in [0.05, 0.1) is 6.61 Å². The van der Waals surface area contributed by atoms with Crippen LogP contribution in [0.4, 0.5) is 0 Å². The van der Waals surface area contributed by atoms with Gasteiger partial charge in [0.15, 0.2) is 0 Å². The maximum Gasteiger partial charge on any atom is 0.149 e. The molecule has 1 aromatic carbocycles. The fraction of sp³-hybridized carbons (Fsp3) is 0.188. The normalized spacial score (nSPS) is 11.6. The monoisotopic (exact) mass is 242 g/mol. The third kappa shape index (κ3) is 4.06. The zero-order valence-electron chi connectivity index (χ0n) is 10.8. The molecule has 0 heterocycles. The summed E-state index contributed by atoms with van der Waals surface area (Å²) >= 11 is 0. The second-order valence-corrected chi connectivity index (χ2v) is 3.73. The van der Waals surface area contributed by atoms with E-state index < -0.39 is 0 Å². The van der Waals surface area contributed by atoms with Gasteiger partial charge in [-0.2, -0.15) is 0 Å². The number of ether oxygens (including phenoxy) is 1. The van der Waals surface area contributed by atoms with Gasteiger partial charge in [-0.3, -0.25) is 4.79 Å². The van der Waals surface area contributed by atoms with Crippen molar-refractivity contribution in [3.05, 3.63) is 60.2 Å². The van der Waals surface area contributed by atoms with E-state index in [1.165, 1.54) is 0 Å². The first-order valence-electron chi connectivity index (χ1n) is 5.93. The van der Waals surface area contributed by atoms with Gasteiger partial charge in [0.2, 0.25) is 0 Å².